The lowest BCUT2D eigenvalue weighted by atomic mass is 9.97. The molecular weight excluding hydrogens is 1360 g/mol. The Morgan fingerprint density at radius 1 is 0.299 bits per heavy atom. The fraction of sp³-hybridized carbons (Fsp3) is 0.241. The lowest BCUT2D eigenvalue weighted by Gasteiger charge is -2.15. The van der Waals surface area contributed by atoms with Crippen LogP contribution in [0.3, 0.4) is 0 Å². The summed E-state index contributed by atoms with van der Waals surface area (Å²) >= 11 is 0. The number of hydrogen-bond donors (Lipinski definition) is 6. The van der Waals surface area contributed by atoms with Gasteiger partial charge in [-0.25, -0.2) is 9.59 Å². The molecule has 0 unspecified atom stereocenters. The Morgan fingerprint density at radius 3 is 0.860 bits per heavy atom. The quantitative estimate of drug-likeness (QED) is 0.0162. The molecule has 2 amide bonds. The number of amides is 2. The number of benzene rings is 12. The molecule has 12 rings (SSSR count). The van der Waals surface area contributed by atoms with Crippen molar-refractivity contribution in [2.75, 3.05) is 54.7 Å². The topological polar surface area (TPSA) is 250 Å². The number of carbonyl (C=O) groups excluding carboxylic acids is 2. The molecule has 0 fully saturated rings. The van der Waals surface area contributed by atoms with Crippen LogP contribution < -0.4 is 48.5 Å². The average molecular weight is 1450 g/mol. The molecule has 0 saturated carbocycles. The Bertz CT molecular complexity index is 4600. The molecule has 0 radical (unpaired) electrons. The van der Waals surface area contributed by atoms with E-state index in [1.54, 1.807) is 34.5 Å². The highest BCUT2D eigenvalue weighted by atomic mass is 16.6. The van der Waals surface area contributed by atoms with Gasteiger partial charge in [-0.15, -0.1) is 0 Å². The predicted molar refractivity (Wildman–Crippen MR) is 413 cm³/mol. The third-order valence-corrected chi connectivity index (χ3v) is 17.2. The van der Waals surface area contributed by atoms with Crippen molar-refractivity contribution in [2.45, 2.75) is 86.0 Å². The Labute approximate surface area is 622 Å². The largest absolute Gasteiger partial charge is 0.508 e. The van der Waals surface area contributed by atoms with E-state index in [-0.39, 0.29) is 63.5 Å². The smallest absolute Gasteiger partial charge is 0.407 e. The van der Waals surface area contributed by atoms with Crippen LogP contribution in [0.5, 0.6) is 69.0 Å². The van der Waals surface area contributed by atoms with Gasteiger partial charge in [-0.05, 0) is 187 Å². The minimum atomic E-state index is -0.473. The molecule has 6 N–H and O–H groups in total. The number of nitrogens with one attached hydrogen (secondary N) is 2. The van der Waals surface area contributed by atoms with E-state index >= 15 is 0 Å². The van der Waals surface area contributed by atoms with E-state index in [0.29, 0.717) is 116 Å². The number of hydrogen-bond acceptors (Lipinski definition) is 18. The van der Waals surface area contributed by atoms with Crippen LogP contribution in [0.1, 0.15) is 77.6 Å². The maximum atomic E-state index is 12.6. The van der Waals surface area contributed by atoms with Crippen molar-refractivity contribution in [1.82, 2.24) is 10.6 Å². The summed E-state index contributed by atoms with van der Waals surface area (Å²) in [5, 5.41) is 53.7. The standard InChI is InChI=1S/C45H47NO9.C41H39NO9.CH4/c1-48-36-17-32(18-37(24-36)49-2)28-53-40-21-31(22-41(26-40)54-29-33-19-38(50-3)25-39(20-33)51-4)27-52-16-10-9-15-46-45(47)55-30-44-42-13-7-5-11-34(42)23-35-12-6-8-14-43(35)44;43-32-13-27(14-33(44)20-32)24-49-36-17-29(18-37(22-36)50-25-28-15-34(45)21-35(46)16-28)23-48-12-6-5-11-42-41(47)51-26-40-38-9-3-1-7-30(38)19-31-8-2-4-10-39(31)40;/h5-8,11-14,17-26H,9-10,15-16,27-30H2,1-4H3,(H,46,47);1-4,7-10,13-22,43-46H,5-6,11-12,23-26H2,(H,42,47);1H4. The van der Waals surface area contributed by atoms with E-state index in [2.05, 4.69) is 59.2 Å². The Balaban J connectivity index is 0.000000227. The second-order valence-electron chi connectivity index (χ2n) is 25.1. The van der Waals surface area contributed by atoms with Crippen molar-refractivity contribution in [3.8, 4) is 69.0 Å². The first-order chi connectivity index (χ1) is 51.7. The van der Waals surface area contributed by atoms with Crippen LogP contribution in [0, 0.1) is 0 Å². The first-order valence-corrected chi connectivity index (χ1v) is 34.8. The maximum absolute atomic E-state index is 12.6. The minimum Gasteiger partial charge on any atom is -0.508 e. The summed E-state index contributed by atoms with van der Waals surface area (Å²) in [4.78, 5) is 25.2. The van der Waals surface area contributed by atoms with Crippen LogP contribution >= 0.6 is 0 Å². The molecule has 0 aromatic heterocycles. The number of alkyl carbamates (subject to hydrolysis) is 2. The van der Waals surface area contributed by atoms with Gasteiger partial charge < -0.3 is 87.9 Å². The van der Waals surface area contributed by atoms with Crippen molar-refractivity contribution in [3.63, 3.8) is 0 Å². The van der Waals surface area contributed by atoms with Gasteiger partial charge >= 0.3 is 12.2 Å². The zero-order valence-electron chi connectivity index (χ0n) is 59.6. The highest BCUT2D eigenvalue weighted by molar-refractivity contribution is 6.03. The average Bonchev–Trinajstić information content (AvgIpc) is 0.784. The summed E-state index contributed by atoms with van der Waals surface area (Å²) in [6.07, 6.45) is 1.97. The zero-order valence-corrected chi connectivity index (χ0v) is 59.6. The Hall–Kier alpha value is -12.3. The number of ether oxygens (including phenoxy) is 12. The number of rotatable bonds is 34. The molecule has 12 aromatic rings. The number of unbranched alkanes of at least 4 members (excludes halogenated alkanes) is 2. The van der Waals surface area contributed by atoms with E-state index in [0.717, 1.165) is 89.3 Å². The lowest BCUT2D eigenvalue weighted by Crippen LogP contribution is -2.25. The van der Waals surface area contributed by atoms with Gasteiger partial charge in [0.2, 0.25) is 0 Å². The minimum absolute atomic E-state index is 0. The van der Waals surface area contributed by atoms with Gasteiger partial charge in [0.05, 0.1) is 41.7 Å². The molecule has 0 spiro atoms. The molecule has 0 saturated heterocycles. The summed E-state index contributed by atoms with van der Waals surface area (Å²) in [5.74, 6) is 4.64. The molecule has 0 atom stereocenters. The van der Waals surface area contributed by atoms with E-state index in [1.165, 1.54) is 36.4 Å². The number of fused-ring (bicyclic) bond motifs is 4. The number of aromatic hydroxyl groups is 4. The van der Waals surface area contributed by atoms with Gasteiger partial charge in [-0.2, -0.15) is 0 Å². The fourth-order valence-electron chi connectivity index (χ4n) is 12.1. The molecule has 107 heavy (non-hydrogen) atoms. The van der Waals surface area contributed by atoms with Crippen LogP contribution in [-0.2, 0) is 71.8 Å². The normalized spacial score (nSPS) is 10.9. The summed E-state index contributed by atoms with van der Waals surface area (Å²) in [7, 11) is 6.46. The summed E-state index contributed by atoms with van der Waals surface area (Å²) < 4.78 is 69.3. The number of phenols is 4. The molecule has 556 valence electrons. The van der Waals surface area contributed by atoms with Crippen LogP contribution in [-0.4, -0.2) is 87.4 Å². The molecule has 0 aliphatic heterocycles. The molecular formula is C87H90N2O18. The fourth-order valence-corrected chi connectivity index (χ4v) is 12.1. The van der Waals surface area contributed by atoms with E-state index < -0.39 is 12.2 Å². The van der Waals surface area contributed by atoms with Crippen molar-refractivity contribution in [2.24, 2.45) is 0 Å². The maximum Gasteiger partial charge on any atom is 0.407 e. The SMILES string of the molecule is C.COc1cc(COc2cc(COCCCCNC(=O)OCc3c4ccccc4cc4ccccc34)cc(OCc3cc(OC)cc(OC)c3)c2)cc(OC)c1.O=C(NCCCCOCc1cc(OCc2cc(O)cc(O)c2)cc(OCc2cc(O)cc(O)c2)c1)OCc1c2ccccc2cc2ccccc12. The van der Waals surface area contributed by atoms with Crippen LogP contribution in [0.15, 0.2) is 218 Å². The monoisotopic (exact) mass is 1450 g/mol. The van der Waals surface area contributed by atoms with E-state index in [9.17, 15) is 30.0 Å². The third kappa shape index (κ3) is 22.9. The van der Waals surface area contributed by atoms with Crippen LogP contribution in [0.2, 0.25) is 0 Å². The van der Waals surface area contributed by atoms with Gasteiger partial charge in [0.25, 0.3) is 0 Å². The van der Waals surface area contributed by atoms with Crippen molar-refractivity contribution >= 4 is 55.3 Å². The summed E-state index contributed by atoms with van der Waals surface area (Å²) in [5.41, 5.74) is 6.59. The lowest BCUT2D eigenvalue weighted by molar-refractivity contribution is 0.115. The molecule has 20 nitrogen and oxygen atoms in total. The van der Waals surface area contributed by atoms with Crippen LogP contribution in [0.4, 0.5) is 9.59 Å². The highest BCUT2D eigenvalue weighted by Crippen LogP contribution is 2.34. The second kappa shape index (κ2) is 39.0. The van der Waals surface area contributed by atoms with Crippen molar-refractivity contribution in [1.29, 1.82) is 0 Å². The van der Waals surface area contributed by atoms with E-state index in [1.807, 2.05) is 127 Å². The van der Waals surface area contributed by atoms with Gasteiger partial charge in [0.15, 0.2) is 0 Å². The van der Waals surface area contributed by atoms with Crippen molar-refractivity contribution in [3.05, 3.63) is 263 Å². The summed E-state index contributed by atoms with van der Waals surface area (Å²) in [6.45, 7) is 3.59. The first kappa shape index (κ1) is 77.4. The second-order valence-corrected chi connectivity index (χ2v) is 25.1. The number of carbonyl (C=O) groups is 2. The van der Waals surface area contributed by atoms with Crippen molar-refractivity contribution < 1.29 is 86.9 Å². The molecule has 0 heterocycles. The Morgan fingerprint density at radius 2 is 0.561 bits per heavy atom. The number of methoxy groups -OCH3 is 4. The first-order valence-electron chi connectivity index (χ1n) is 34.8. The summed E-state index contributed by atoms with van der Waals surface area (Å²) in [6, 6.07) is 67.6. The molecule has 0 aliphatic carbocycles. The Kier molecular flexibility index (Phi) is 28.2. The van der Waals surface area contributed by atoms with Gasteiger partial charge in [0.1, 0.15) is 109 Å². The predicted octanol–water partition coefficient (Wildman–Crippen LogP) is 18.2. The zero-order chi connectivity index (χ0) is 74.0. The van der Waals surface area contributed by atoms with Gasteiger partial charge in [-0.1, -0.05) is 104 Å². The van der Waals surface area contributed by atoms with Gasteiger partial charge in [-0.3, -0.25) is 0 Å². The molecule has 0 bridgehead atoms. The third-order valence-electron chi connectivity index (χ3n) is 17.2. The number of phenolic OH excluding ortho intramolecular Hbond substituents is 4. The molecule has 12 aromatic carbocycles. The van der Waals surface area contributed by atoms with E-state index in [4.69, 9.17) is 56.8 Å². The van der Waals surface area contributed by atoms with Crippen LogP contribution in [0.25, 0.3) is 43.1 Å². The highest BCUT2D eigenvalue weighted by Gasteiger charge is 2.16. The van der Waals surface area contributed by atoms with Gasteiger partial charge in [0, 0.05) is 73.8 Å². The molecule has 0 aliphatic rings. The molecule has 20 heteroatoms.